The summed E-state index contributed by atoms with van der Waals surface area (Å²) in [5, 5.41) is 0. The van der Waals surface area contributed by atoms with E-state index in [-0.39, 0.29) is 17.3 Å². The topological polar surface area (TPSA) is 46.2 Å². The largest absolute Gasteiger partial charge is 0.240 e. The zero-order valence-electron chi connectivity index (χ0n) is 11.7. The van der Waals surface area contributed by atoms with Crippen molar-refractivity contribution in [3.05, 3.63) is 63.4 Å². The van der Waals surface area contributed by atoms with E-state index in [4.69, 9.17) is 0 Å². The van der Waals surface area contributed by atoms with Gasteiger partial charge in [0.15, 0.2) is 0 Å². The Balaban J connectivity index is 2.17. The summed E-state index contributed by atoms with van der Waals surface area (Å²) in [7, 11) is -3.59. The number of halogens is 2. The van der Waals surface area contributed by atoms with Gasteiger partial charge in [0.2, 0.25) is 10.0 Å². The smallest absolute Gasteiger partial charge is 0.207 e. The van der Waals surface area contributed by atoms with E-state index in [2.05, 4.69) is 20.7 Å². The first-order chi connectivity index (χ1) is 9.79. The Bertz CT molecular complexity index is 775. The molecule has 6 heteroatoms. The third-order valence-electron chi connectivity index (χ3n) is 3.13. The second kappa shape index (κ2) is 6.25. The third kappa shape index (κ3) is 3.90. The lowest BCUT2D eigenvalue weighted by molar-refractivity contribution is 0.581. The number of benzene rings is 2. The molecule has 0 aliphatic carbocycles. The molecule has 0 aliphatic rings. The van der Waals surface area contributed by atoms with E-state index in [1.54, 1.807) is 31.2 Å². The minimum atomic E-state index is -3.59. The van der Waals surface area contributed by atoms with Crippen LogP contribution in [0.2, 0.25) is 0 Å². The van der Waals surface area contributed by atoms with E-state index in [1.165, 1.54) is 12.1 Å². The predicted octanol–water partition coefficient (Wildman–Crippen LogP) is 3.68. The highest BCUT2D eigenvalue weighted by Gasteiger charge is 2.14. The van der Waals surface area contributed by atoms with Crippen molar-refractivity contribution in [2.24, 2.45) is 0 Å². The molecule has 0 amide bonds. The molecule has 2 aromatic carbocycles. The van der Waals surface area contributed by atoms with Crippen LogP contribution in [0.15, 0.2) is 45.8 Å². The maximum atomic E-state index is 13.2. The molecule has 0 saturated heterocycles. The molecule has 0 fully saturated rings. The van der Waals surface area contributed by atoms with Crippen molar-refractivity contribution in [1.29, 1.82) is 0 Å². The van der Waals surface area contributed by atoms with Crippen LogP contribution in [0.25, 0.3) is 0 Å². The minimum Gasteiger partial charge on any atom is -0.207 e. The lowest BCUT2D eigenvalue weighted by Crippen LogP contribution is -2.23. The van der Waals surface area contributed by atoms with Gasteiger partial charge >= 0.3 is 0 Å². The van der Waals surface area contributed by atoms with Gasteiger partial charge in [0, 0.05) is 11.0 Å². The highest BCUT2D eigenvalue weighted by atomic mass is 79.9. The molecule has 0 heterocycles. The molecule has 0 unspecified atom stereocenters. The average molecular weight is 372 g/mol. The quantitative estimate of drug-likeness (QED) is 0.890. The monoisotopic (exact) mass is 371 g/mol. The number of hydrogen-bond acceptors (Lipinski definition) is 2. The minimum absolute atomic E-state index is 0.124. The summed E-state index contributed by atoms with van der Waals surface area (Å²) in [6, 6.07) is 9.37. The van der Waals surface area contributed by atoms with Crippen LogP contribution in [-0.4, -0.2) is 8.42 Å². The molecule has 1 N–H and O–H groups in total. The van der Waals surface area contributed by atoms with Gasteiger partial charge in [0.1, 0.15) is 5.82 Å². The first-order valence-corrected chi connectivity index (χ1v) is 8.58. The first-order valence-electron chi connectivity index (χ1n) is 6.30. The van der Waals surface area contributed by atoms with Crippen LogP contribution < -0.4 is 4.72 Å². The summed E-state index contributed by atoms with van der Waals surface area (Å²) in [5.74, 6) is -0.301. The van der Waals surface area contributed by atoms with Gasteiger partial charge < -0.3 is 0 Å². The molecule has 0 spiro atoms. The van der Waals surface area contributed by atoms with Crippen molar-refractivity contribution in [3.63, 3.8) is 0 Å². The molecule has 0 aliphatic heterocycles. The van der Waals surface area contributed by atoms with Gasteiger partial charge in [-0.05, 0) is 54.8 Å². The molecular weight excluding hydrogens is 357 g/mol. The second-order valence-electron chi connectivity index (χ2n) is 4.82. The maximum Gasteiger partial charge on any atom is 0.240 e. The number of hydrogen-bond donors (Lipinski definition) is 1. The van der Waals surface area contributed by atoms with E-state index < -0.39 is 10.0 Å². The highest BCUT2D eigenvalue weighted by molar-refractivity contribution is 9.10. The van der Waals surface area contributed by atoms with E-state index in [0.29, 0.717) is 11.1 Å². The Hall–Kier alpha value is -1.24. The predicted molar refractivity (Wildman–Crippen MR) is 84.0 cm³/mol. The third-order valence-corrected chi connectivity index (χ3v) is 5.42. The molecular formula is C15H15BrFNO2S. The van der Waals surface area contributed by atoms with Crippen LogP contribution in [0.3, 0.4) is 0 Å². The van der Waals surface area contributed by atoms with Gasteiger partial charge in [-0.2, -0.15) is 0 Å². The van der Waals surface area contributed by atoms with E-state index in [9.17, 15) is 12.8 Å². The van der Waals surface area contributed by atoms with Gasteiger partial charge in [-0.25, -0.2) is 17.5 Å². The average Bonchev–Trinajstić information content (AvgIpc) is 2.43. The number of sulfonamides is 1. The Labute approximate surface area is 132 Å². The van der Waals surface area contributed by atoms with Crippen molar-refractivity contribution < 1.29 is 12.8 Å². The fourth-order valence-corrected chi connectivity index (χ4v) is 3.21. The zero-order valence-corrected chi connectivity index (χ0v) is 14.1. The van der Waals surface area contributed by atoms with Crippen LogP contribution >= 0.6 is 15.9 Å². The van der Waals surface area contributed by atoms with Crippen molar-refractivity contribution >= 4 is 26.0 Å². The number of nitrogens with one attached hydrogen (secondary N) is 1. The molecule has 0 radical (unpaired) electrons. The summed E-state index contributed by atoms with van der Waals surface area (Å²) in [4.78, 5) is 0.210. The molecule has 0 atom stereocenters. The molecule has 0 aromatic heterocycles. The van der Waals surface area contributed by atoms with Crippen molar-refractivity contribution in [2.45, 2.75) is 25.3 Å². The van der Waals surface area contributed by atoms with Gasteiger partial charge in [-0.1, -0.05) is 28.1 Å². The van der Waals surface area contributed by atoms with E-state index in [1.807, 2.05) is 6.92 Å². The van der Waals surface area contributed by atoms with Crippen LogP contribution in [0.1, 0.15) is 16.7 Å². The number of rotatable bonds is 4. The highest BCUT2D eigenvalue weighted by Crippen LogP contribution is 2.20. The van der Waals surface area contributed by atoms with Crippen molar-refractivity contribution in [1.82, 2.24) is 4.72 Å². The molecule has 2 rings (SSSR count). The SMILES string of the molecule is Cc1cc(CNS(=O)(=O)c2ccc(Br)c(C)c2)ccc1F. The lowest BCUT2D eigenvalue weighted by atomic mass is 10.1. The Morgan fingerprint density at radius 2 is 1.81 bits per heavy atom. The van der Waals surface area contributed by atoms with Crippen LogP contribution in [0.4, 0.5) is 4.39 Å². The molecule has 3 nitrogen and oxygen atoms in total. The summed E-state index contributed by atoms with van der Waals surface area (Å²) >= 11 is 3.34. The molecule has 0 bridgehead atoms. The van der Waals surface area contributed by atoms with Crippen molar-refractivity contribution in [2.75, 3.05) is 0 Å². The second-order valence-corrected chi connectivity index (χ2v) is 7.44. The zero-order chi connectivity index (χ0) is 15.6. The van der Waals surface area contributed by atoms with E-state index >= 15 is 0 Å². The van der Waals surface area contributed by atoms with Gasteiger partial charge in [-0.15, -0.1) is 0 Å². The standard InChI is InChI=1S/C15H15BrFNO2S/c1-10-8-13(4-5-14(10)16)21(19,20)18-9-12-3-6-15(17)11(2)7-12/h3-8,18H,9H2,1-2H3. The van der Waals surface area contributed by atoms with Gasteiger partial charge in [-0.3, -0.25) is 0 Å². The fourth-order valence-electron chi connectivity index (χ4n) is 1.86. The van der Waals surface area contributed by atoms with Gasteiger partial charge in [0.25, 0.3) is 0 Å². The molecule has 21 heavy (non-hydrogen) atoms. The summed E-state index contributed by atoms with van der Waals surface area (Å²) < 4.78 is 41.0. The molecule has 2 aromatic rings. The Kier molecular flexibility index (Phi) is 4.81. The summed E-state index contributed by atoms with van der Waals surface area (Å²) in [6.45, 7) is 3.59. The summed E-state index contributed by atoms with van der Waals surface area (Å²) in [5.41, 5.74) is 2.05. The van der Waals surface area contributed by atoms with Gasteiger partial charge in [0.05, 0.1) is 4.90 Å². The Morgan fingerprint density at radius 3 is 2.43 bits per heavy atom. The fraction of sp³-hybridized carbons (Fsp3) is 0.200. The summed E-state index contributed by atoms with van der Waals surface area (Å²) in [6.07, 6.45) is 0. The van der Waals surface area contributed by atoms with Crippen LogP contribution in [0, 0.1) is 19.7 Å². The van der Waals surface area contributed by atoms with Crippen molar-refractivity contribution in [3.8, 4) is 0 Å². The molecule has 112 valence electrons. The lowest BCUT2D eigenvalue weighted by Gasteiger charge is -2.09. The normalized spacial score (nSPS) is 11.6. The van der Waals surface area contributed by atoms with Crippen LogP contribution in [-0.2, 0) is 16.6 Å². The van der Waals surface area contributed by atoms with E-state index in [0.717, 1.165) is 10.0 Å². The van der Waals surface area contributed by atoms with Crippen LogP contribution in [0.5, 0.6) is 0 Å². The first kappa shape index (κ1) is 16.1. The Morgan fingerprint density at radius 1 is 1.10 bits per heavy atom. The number of aryl methyl sites for hydroxylation is 2. The maximum absolute atomic E-state index is 13.2. The molecule has 0 saturated carbocycles.